The number of aryl methyl sites for hydroxylation is 1. The number of carbonyl (C=O) groups excluding carboxylic acids is 1. The first kappa shape index (κ1) is 26.1. The van der Waals surface area contributed by atoms with Crippen molar-refractivity contribution in [1.29, 1.82) is 0 Å². The molecule has 2 atom stereocenters. The third-order valence-electron chi connectivity index (χ3n) is 6.90. The number of hydrogen-bond acceptors (Lipinski definition) is 7. The molecule has 0 spiro atoms. The molecule has 2 amide bonds. The Kier molecular flexibility index (Phi) is 7.85. The van der Waals surface area contributed by atoms with Gasteiger partial charge in [-0.1, -0.05) is 12.1 Å². The standard InChI is InChI=1S/C27H35FN8O2/c1-17(2)38-22-15-35(16-22)27(37)31-11-20-5-4-19(10-18(20)3)24-6-9-30-26(34-24)33-21-12-32-36(14-21)25-7-8-29-13-23(25)28/h4-6,9-10,12,14,17,22-23,25,29H,7-8,11,13,15-16H2,1-3H3,(H,31,37)(H,30,33,34)/t23-,25-/m1/s1. The van der Waals surface area contributed by atoms with E-state index in [1.807, 2.05) is 39.0 Å². The maximum Gasteiger partial charge on any atom is 0.317 e. The van der Waals surface area contributed by atoms with Crippen LogP contribution in [0.4, 0.5) is 20.8 Å². The molecule has 2 aromatic heterocycles. The van der Waals surface area contributed by atoms with E-state index in [4.69, 9.17) is 4.74 Å². The number of ether oxygens (including phenoxy) is 1. The van der Waals surface area contributed by atoms with Crippen LogP contribution < -0.4 is 16.0 Å². The Morgan fingerprint density at radius 3 is 2.89 bits per heavy atom. The second-order valence-corrected chi connectivity index (χ2v) is 10.2. The van der Waals surface area contributed by atoms with Crippen molar-refractivity contribution < 1.29 is 13.9 Å². The Morgan fingerprint density at radius 2 is 2.13 bits per heavy atom. The van der Waals surface area contributed by atoms with Crippen LogP contribution in [-0.4, -0.2) is 75.2 Å². The molecule has 3 N–H and O–H groups in total. The van der Waals surface area contributed by atoms with Crippen LogP contribution in [0.3, 0.4) is 0 Å². The Morgan fingerprint density at radius 1 is 1.29 bits per heavy atom. The number of nitrogens with one attached hydrogen (secondary N) is 3. The molecule has 1 aromatic carbocycles. The molecule has 2 fully saturated rings. The van der Waals surface area contributed by atoms with Gasteiger partial charge in [0.1, 0.15) is 6.17 Å². The summed E-state index contributed by atoms with van der Waals surface area (Å²) in [6, 6.07) is 7.57. The molecule has 3 aromatic rings. The zero-order valence-electron chi connectivity index (χ0n) is 22.0. The van der Waals surface area contributed by atoms with Crippen LogP contribution in [0.25, 0.3) is 11.3 Å². The molecular weight excluding hydrogens is 487 g/mol. The predicted octanol–water partition coefficient (Wildman–Crippen LogP) is 3.58. The zero-order valence-corrected chi connectivity index (χ0v) is 22.0. The van der Waals surface area contributed by atoms with E-state index in [0.717, 1.165) is 28.9 Å². The van der Waals surface area contributed by atoms with Gasteiger partial charge in [0.15, 0.2) is 0 Å². The molecule has 0 unspecified atom stereocenters. The smallest absolute Gasteiger partial charge is 0.317 e. The predicted molar refractivity (Wildman–Crippen MR) is 143 cm³/mol. The van der Waals surface area contributed by atoms with Crippen molar-refractivity contribution in [3.05, 3.63) is 54.0 Å². The van der Waals surface area contributed by atoms with Crippen molar-refractivity contribution in [2.45, 2.75) is 58.2 Å². The Labute approximate surface area is 222 Å². The highest BCUT2D eigenvalue weighted by Crippen LogP contribution is 2.25. The second-order valence-electron chi connectivity index (χ2n) is 10.2. The summed E-state index contributed by atoms with van der Waals surface area (Å²) in [6.45, 7) is 8.85. The van der Waals surface area contributed by atoms with E-state index < -0.39 is 6.17 Å². The molecule has 4 heterocycles. The lowest BCUT2D eigenvalue weighted by Gasteiger charge is -2.39. The first-order valence-corrected chi connectivity index (χ1v) is 13.1. The lowest BCUT2D eigenvalue weighted by molar-refractivity contribution is -0.0641. The maximum absolute atomic E-state index is 14.3. The summed E-state index contributed by atoms with van der Waals surface area (Å²) >= 11 is 0. The Hall–Kier alpha value is -3.57. The first-order chi connectivity index (χ1) is 18.4. The number of hydrogen-bond donors (Lipinski definition) is 3. The molecule has 2 aliphatic heterocycles. The molecule has 202 valence electrons. The summed E-state index contributed by atoms with van der Waals surface area (Å²) < 4.78 is 21.7. The fourth-order valence-electron chi connectivity index (χ4n) is 4.81. The van der Waals surface area contributed by atoms with E-state index >= 15 is 0 Å². The van der Waals surface area contributed by atoms with Crippen molar-refractivity contribution in [3.8, 4) is 11.3 Å². The van der Waals surface area contributed by atoms with Crippen LogP contribution in [0.5, 0.6) is 0 Å². The normalized spacial score (nSPS) is 19.9. The van der Waals surface area contributed by atoms with E-state index in [1.165, 1.54) is 0 Å². The topological polar surface area (TPSA) is 109 Å². The molecular formula is C27H35FN8O2. The second kappa shape index (κ2) is 11.4. The first-order valence-electron chi connectivity index (χ1n) is 13.1. The van der Waals surface area contributed by atoms with Crippen LogP contribution in [-0.2, 0) is 11.3 Å². The van der Waals surface area contributed by atoms with Crippen molar-refractivity contribution >= 4 is 17.7 Å². The molecule has 5 rings (SSSR count). The molecule has 38 heavy (non-hydrogen) atoms. The highest BCUT2D eigenvalue weighted by Gasteiger charge is 2.31. The number of benzene rings is 1. The van der Waals surface area contributed by atoms with Crippen molar-refractivity contribution in [2.24, 2.45) is 0 Å². The minimum atomic E-state index is -0.969. The van der Waals surface area contributed by atoms with Gasteiger partial charge in [0.05, 0.1) is 48.9 Å². The van der Waals surface area contributed by atoms with Gasteiger partial charge in [-0.25, -0.2) is 19.2 Å². The molecule has 0 bridgehead atoms. The summed E-state index contributed by atoms with van der Waals surface area (Å²) in [4.78, 5) is 23.2. The number of alkyl halides is 1. The Balaban J connectivity index is 1.18. The fraction of sp³-hybridized carbons (Fsp3) is 0.481. The van der Waals surface area contributed by atoms with Crippen LogP contribution in [0, 0.1) is 6.92 Å². The highest BCUT2D eigenvalue weighted by molar-refractivity contribution is 5.75. The van der Waals surface area contributed by atoms with Gasteiger partial charge in [-0.2, -0.15) is 5.10 Å². The summed E-state index contributed by atoms with van der Waals surface area (Å²) in [7, 11) is 0. The van der Waals surface area contributed by atoms with Gasteiger partial charge in [-0.3, -0.25) is 4.68 Å². The van der Waals surface area contributed by atoms with Gasteiger partial charge in [-0.05, 0) is 57.0 Å². The number of amides is 2. The SMILES string of the molecule is Cc1cc(-c2ccnc(Nc3cnn([C@@H]4CCNC[C@H]4F)c3)n2)ccc1CNC(=O)N1CC(OC(C)C)C1. The van der Waals surface area contributed by atoms with Gasteiger partial charge in [0.2, 0.25) is 5.95 Å². The Bertz CT molecular complexity index is 1260. The average Bonchev–Trinajstić information content (AvgIpc) is 3.33. The van der Waals surface area contributed by atoms with Crippen molar-refractivity contribution in [2.75, 3.05) is 31.5 Å². The number of aromatic nitrogens is 4. The number of piperidine rings is 1. The van der Waals surface area contributed by atoms with E-state index in [2.05, 4.69) is 37.1 Å². The number of carbonyl (C=O) groups is 1. The molecule has 10 nitrogen and oxygen atoms in total. The van der Waals surface area contributed by atoms with Crippen molar-refractivity contribution in [3.63, 3.8) is 0 Å². The molecule has 0 saturated carbocycles. The summed E-state index contributed by atoms with van der Waals surface area (Å²) in [5.41, 5.74) is 4.53. The largest absolute Gasteiger partial charge is 0.372 e. The summed E-state index contributed by atoms with van der Waals surface area (Å²) in [5, 5.41) is 13.6. The summed E-state index contributed by atoms with van der Waals surface area (Å²) in [6.07, 6.45) is 5.18. The third kappa shape index (κ3) is 6.11. The van der Waals surface area contributed by atoms with Crippen LogP contribution in [0.15, 0.2) is 42.9 Å². The quantitative estimate of drug-likeness (QED) is 0.415. The summed E-state index contributed by atoms with van der Waals surface area (Å²) in [5.74, 6) is 0.437. The van der Waals surface area contributed by atoms with E-state index in [-0.39, 0.29) is 24.3 Å². The third-order valence-corrected chi connectivity index (χ3v) is 6.90. The van der Waals surface area contributed by atoms with E-state index in [9.17, 15) is 9.18 Å². The van der Waals surface area contributed by atoms with Crippen LogP contribution in [0.1, 0.15) is 37.4 Å². The average molecular weight is 523 g/mol. The molecule has 2 aliphatic rings. The van der Waals surface area contributed by atoms with E-state index in [0.29, 0.717) is 44.2 Å². The number of likely N-dealkylation sites (tertiary alicyclic amines) is 1. The lowest BCUT2D eigenvalue weighted by Crippen LogP contribution is -2.58. The van der Waals surface area contributed by atoms with Crippen molar-refractivity contribution in [1.82, 2.24) is 35.3 Å². The van der Waals surface area contributed by atoms with E-state index in [1.54, 1.807) is 28.2 Å². The monoisotopic (exact) mass is 522 g/mol. The number of anilines is 2. The van der Waals surface area contributed by atoms with Crippen LogP contribution in [0.2, 0.25) is 0 Å². The number of halogens is 1. The number of rotatable bonds is 8. The molecule has 0 aliphatic carbocycles. The molecule has 2 saturated heterocycles. The molecule has 0 radical (unpaired) electrons. The minimum absolute atomic E-state index is 0.0749. The van der Waals surface area contributed by atoms with Gasteiger partial charge < -0.3 is 25.6 Å². The number of urea groups is 1. The highest BCUT2D eigenvalue weighted by atomic mass is 19.1. The number of nitrogens with zero attached hydrogens (tertiary/aromatic N) is 5. The lowest BCUT2D eigenvalue weighted by atomic mass is 10.0. The zero-order chi connectivity index (χ0) is 26.6. The van der Waals surface area contributed by atoms with Gasteiger partial charge in [0, 0.05) is 31.0 Å². The minimum Gasteiger partial charge on any atom is -0.372 e. The van der Waals surface area contributed by atoms with Gasteiger partial charge in [-0.15, -0.1) is 0 Å². The fourth-order valence-corrected chi connectivity index (χ4v) is 4.81. The molecule has 11 heteroatoms. The van der Waals surface area contributed by atoms with Crippen LogP contribution >= 0.6 is 0 Å². The maximum atomic E-state index is 14.3. The van der Waals surface area contributed by atoms with Gasteiger partial charge in [0.25, 0.3) is 0 Å². The van der Waals surface area contributed by atoms with Gasteiger partial charge >= 0.3 is 6.03 Å².